The van der Waals surface area contributed by atoms with Crippen molar-refractivity contribution >= 4 is 0 Å². The number of rotatable bonds is 10. The molecule has 0 unspecified atom stereocenters. The Kier molecular flexibility index (Phi) is 9.26. The Labute approximate surface area is 179 Å². The first-order valence-corrected chi connectivity index (χ1v) is 10.3. The van der Waals surface area contributed by atoms with E-state index in [1.807, 2.05) is 7.05 Å². The van der Waals surface area contributed by atoms with Crippen LogP contribution in [0.25, 0.3) is 10.6 Å². The van der Waals surface area contributed by atoms with E-state index in [1.54, 1.807) is 0 Å². The van der Waals surface area contributed by atoms with Gasteiger partial charge in [0.1, 0.15) is 0 Å². The number of hydrogen-bond acceptors (Lipinski definition) is 2. The SMILES string of the molecule is C[N-]CC[N-]CC1CN(C2CCN(CC3(CC(C)C)CC3)CC2)C1.[U+2]. The zero-order valence-corrected chi connectivity index (χ0v) is 20.9. The normalized spacial score (nSPS) is 25.0. The molecule has 3 aliphatic rings. The average Bonchev–Trinajstić information content (AvgIpc) is 3.25. The van der Waals surface area contributed by atoms with Crippen LogP contribution in [0, 0.1) is 48.4 Å². The van der Waals surface area contributed by atoms with E-state index in [0.717, 1.165) is 37.5 Å². The van der Waals surface area contributed by atoms with Gasteiger partial charge in [-0.05, 0) is 62.4 Å². The van der Waals surface area contributed by atoms with Crippen LogP contribution >= 0.6 is 0 Å². The second-order valence-corrected chi connectivity index (χ2v) is 9.09. The number of nitrogens with zero attached hydrogens (tertiary/aromatic N) is 4. The van der Waals surface area contributed by atoms with Crippen LogP contribution in [0.3, 0.4) is 0 Å². The second kappa shape index (κ2) is 10.4. The third kappa shape index (κ3) is 6.77. The van der Waals surface area contributed by atoms with Gasteiger partial charge in [-0.1, -0.05) is 13.8 Å². The van der Waals surface area contributed by atoms with E-state index in [0.29, 0.717) is 5.41 Å². The molecule has 0 aromatic heterocycles. The molecule has 142 valence electrons. The maximum atomic E-state index is 4.62. The van der Waals surface area contributed by atoms with Gasteiger partial charge in [-0.3, -0.25) is 4.90 Å². The summed E-state index contributed by atoms with van der Waals surface area (Å²) >= 11 is 0. The molecule has 0 bridgehead atoms. The first-order chi connectivity index (χ1) is 11.6. The number of piperidine rings is 1. The van der Waals surface area contributed by atoms with Gasteiger partial charge in [0.15, 0.2) is 0 Å². The van der Waals surface area contributed by atoms with Crippen molar-refractivity contribution in [1.82, 2.24) is 9.80 Å². The van der Waals surface area contributed by atoms with E-state index in [2.05, 4.69) is 34.3 Å². The van der Waals surface area contributed by atoms with Gasteiger partial charge in [0.25, 0.3) is 0 Å². The molecule has 5 heteroatoms. The van der Waals surface area contributed by atoms with Gasteiger partial charge >= 0.3 is 31.1 Å². The number of likely N-dealkylation sites (N-methyl/N-ethyl adjacent to an activating group) is 1. The Balaban J connectivity index is 0.00000225. The van der Waals surface area contributed by atoms with Gasteiger partial charge in [0, 0.05) is 25.7 Å². The minimum atomic E-state index is 0. The Hall–Kier alpha value is 0.892. The van der Waals surface area contributed by atoms with Crippen LogP contribution in [0.4, 0.5) is 0 Å². The summed E-state index contributed by atoms with van der Waals surface area (Å²) in [6.07, 6.45) is 7.17. The fraction of sp³-hybridized carbons (Fsp3) is 1.00. The monoisotopic (exact) mass is 572 g/mol. The van der Waals surface area contributed by atoms with Gasteiger partial charge in [0.05, 0.1) is 0 Å². The van der Waals surface area contributed by atoms with E-state index in [-0.39, 0.29) is 31.1 Å². The fourth-order valence-corrected chi connectivity index (χ4v) is 4.85. The standard InChI is InChI=1S/C20H38N4.U/c1-17(2)12-20(6-7-20)16-23-10-4-19(5-11-23)24-14-18(15-24)13-22-9-8-21-3;/h17-19H,4-16H2,1-3H3;/q-2;+2. The third-order valence-electron chi connectivity index (χ3n) is 6.29. The molecule has 3 fully saturated rings. The third-order valence-corrected chi connectivity index (χ3v) is 6.29. The van der Waals surface area contributed by atoms with Crippen LogP contribution in [-0.4, -0.2) is 75.2 Å². The summed E-state index contributed by atoms with van der Waals surface area (Å²) in [4.78, 5) is 5.50. The first-order valence-electron chi connectivity index (χ1n) is 10.3. The topological polar surface area (TPSA) is 34.7 Å². The summed E-state index contributed by atoms with van der Waals surface area (Å²) in [5.41, 5.74) is 0.704. The van der Waals surface area contributed by atoms with Crippen molar-refractivity contribution in [3.63, 3.8) is 0 Å². The van der Waals surface area contributed by atoms with Crippen LogP contribution in [0.1, 0.15) is 46.0 Å². The van der Waals surface area contributed by atoms with Gasteiger partial charge in [-0.25, -0.2) is 0 Å². The molecule has 25 heavy (non-hydrogen) atoms. The summed E-state index contributed by atoms with van der Waals surface area (Å²) in [6, 6.07) is 0.850. The molecule has 0 aromatic rings. The smallest absolute Gasteiger partial charge is 0.666 e. The largest absolute Gasteiger partial charge is 2.00 e. The van der Waals surface area contributed by atoms with Crippen molar-refractivity contribution in [2.24, 2.45) is 17.3 Å². The van der Waals surface area contributed by atoms with Gasteiger partial charge in [0.2, 0.25) is 0 Å². The van der Waals surface area contributed by atoms with Crippen molar-refractivity contribution < 1.29 is 31.1 Å². The zero-order chi connectivity index (χ0) is 17.0. The maximum Gasteiger partial charge on any atom is 2.00 e. The number of hydrogen-bond donors (Lipinski definition) is 0. The summed E-state index contributed by atoms with van der Waals surface area (Å²) in [6.45, 7) is 14.2. The van der Waals surface area contributed by atoms with Crippen molar-refractivity contribution in [1.29, 1.82) is 0 Å². The fourth-order valence-electron chi connectivity index (χ4n) is 4.85. The Morgan fingerprint density at radius 2 is 1.76 bits per heavy atom. The molecule has 1 saturated carbocycles. The summed E-state index contributed by atoms with van der Waals surface area (Å²) < 4.78 is 0. The molecule has 0 N–H and O–H groups in total. The molecule has 2 aliphatic heterocycles. The molecule has 4 nitrogen and oxygen atoms in total. The van der Waals surface area contributed by atoms with Crippen molar-refractivity contribution in [2.75, 3.05) is 59.4 Å². The van der Waals surface area contributed by atoms with Gasteiger partial charge in [-0.15, -0.1) is 6.54 Å². The molecule has 2 heterocycles. The molecular formula is C20H38N4U. The molecule has 2 saturated heterocycles. The van der Waals surface area contributed by atoms with Crippen LogP contribution in [0.5, 0.6) is 0 Å². The van der Waals surface area contributed by atoms with E-state index in [1.165, 1.54) is 64.8 Å². The number of likely N-dealkylation sites (tertiary alicyclic amines) is 2. The van der Waals surface area contributed by atoms with E-state index in [9.17, 15) is 0 Å². The molecule has 0 radical (unpaired) electrons. The predicted octanol–water partition coefficient (Wildman–Crippen LogP) is 3.59. The van der Waals surface area contributed by atoms with Crippen molar-refractivity contribution in [3.8, 4) is 0 Å². The minimum Gasteiger partial charge on any atom is -0.666 e. The van der Waals surface area contributed by atoms with Crippen LogP contribution < -0.4 is 0 Å². The average molecular weight is 573 g/mol. The Morgan fingerprint density at radius 1 is 1.08 bits per heavy atom. The summed E-state index contributed by atoms with van der Waals surface area (Å²) in [5, 5.41) is 8.73. The van der Waals surface area contributed by atoms with Crippen LogP contribution in [-0.2, 0) is 0 Å². The predicted molar refractivity (Wildman–Crippen MR) is 103 cm³/mol. The van der Waals surface area contributed by atoms with E-state index < -0.39 is 0 Å². The first kappa shape index (κ1) is 22.2. The second-order valence-electron chi connectivity index (χ2n) is 9.09. The Bertz CT molecular complexity index is 372. The molecule has 0 spiro atoms. The van der Waals surface area contributed by atoms with Gasteiger partial charge in [-0.2, -0.15) is 20.1 Å². The van der Waals surface area contributed by atoms with Gasteiger partial charge < -0.3 is 15.5 Å². The molecule has 1 aliphatic carbocycles. The molecule has 3 rings (SSSR count). The summed E-state index contributed by atoms with van der Waals surface area (Å²) in [5.74, 6) is 1.68. The molecule has 0 amide bonds. The van der Waals surface area contributed by atoms with E-state index in [4.69, 9.17) is 0 Å². The molecular weight excluding hydrogens is 534 g/mol. The van der Waals surface area contributed by atoms with E-state index >= 15 is 0 Å². The summed E-state index contributed by atoms with van der Waals surface area (Å²) in [7, 11) is 1.88. The van der Waals surface area contributed by atoms with Crippen molar-refractivity contribution in [3.05, 3.63) is 10.6 Å². The maximum absolute atomic E-state index is 4.62. The Morgan fingerprint density at radius 3 is 2.32 bits per heavy atom. The molecule has 0 atom stereocenters. The minimum absolute atomic E-state index is 0. The van der Waals surface area contributed by atoms with Crippen LogP contribution in [0.2, 0.25) is 0 Å². The van der Waals surface area contributed by atoms with Crippen molar-refractivity contribution in [2.45, 2.75) is 52.0 Å². The quantitative estimate of drug-likeness (QED) is 0.376. The van der Waals surface area contributed by atoms with Crippen LogP contribution in [0.15, 0.2) is 0 Å². The molecule has 0 aromatic carbocycles. The zero-order valence-electron chi connectivity index (χ0n) is 16.7.